The zero-order valence-corrected chi connectivity index (χ0v) is 14.9. The molecule has 0 aromatic heterocycles. The molecule has 0 N–H and O–H groups in total. The molecule has 1 aliphatic rings. The van der Waals surface area contributed by atoms with Crippen LogP contribution in [0.1, 0.15) is 26.3 Å². The van der Waals surface area contributed by atoms with Gasteiger partial charge in [0.25, 0.3) is 0 Å². The van der Waals surface area contributed by atoms with Gasteiger partial charge in [-0.15, -0.1) is 0 Å². The summed E-state index contributed by atoms with van der Waals surface area (Å²) in [5.41, 5.74) is 0.961. The molecule has 26 heavy (non-hydrogen) atoms. The van der Waals surface area contributed by atoms with Gasteiger partial charge in [0.1, 0.15) is 6.10 Å². The second kappa shape index (κ2) is 9.30. The Hall–Kier alpha value is -2.45. The predicted molar refractivity (Wildman–Crippen MR) is 87.6 cm³/mol. The van der Waals surface area contributed by atoms with Crippen molar-refractivity contribution < 1.29 is 38.1 Å². The van der Waals surface area contributed by atoms with Crippen molar-refractivity contribution in [3.8, 4) is 0 Å². The van der Waals surface area contributed by atoms with Gasteiger partial charge in [-0.05, 0) is 5.56 Å². The molecule has 0 spiro atoms. The Balaban J connectivity index is 2.06. The van der Waals surface area contributed by atoms with Crippen molar-refractivity contribution in [3.05, 3.63) is 35.9 Å². The smallest absolute Gasteiger partial charge is 0.305 e. The maximum absolute atomic E-state index is 11.4. The van der Waals surface area contributed by atoms with E-state index in [1.54, 1.807) is 0 Å². The lowest BCUT2D eigenvalue weighted by atomic mass is 10.1. The number of carbonyl (C=O) groups is 3. The Morgan fingerprint density at radius 1 is 0.885 bits per heavy atom. The van der Waals surface area contributed by atoms with Crippen molar-refractivity contribution in [1.29, 1.82) is 0 Å². The average Bonchev–Trinajstić information content (AvgIpc) is 2.84. The minimum atomic E-state index is -1.17. The number of ether oxygens (including phenoxy) is 5. The third-order valence-electron chi connectivity index (χ3n) is 3.55. The van der Waals surface area contributed by atoms with Crippen molar-refractivity contribution in [1.82, 2.24) is 0 Å². The van der Waals surface area contributed by atoms with Crippen LogP contribution in [0.3, 0.4) is 0 Å². The van der Waals surface area contributed by atoms with E-state index in [2.05, 4.69) is 0 Å². The molecular weight excluding hydrogens is 344 g/mol. The zero-order chi connectivity index (χ0) is 19.1. The largest absolute Gasteiger partial charge is 0.455 e. The van der Waals surface area contributed by atoms with E-state index in [0.29, 0.717) is 6.61 Å². The van der Waals surface area contributed by atoms with E-state index in [9.17, 15) is 14.4 Å². The van der Waals surface area contributed by atoms with Gasteiger partial charge in [-0.25, -0.2) is 0 Å². The summed E-state index contributed by atoms with van der Waals surface area (Å²) in [6.45, 7) is 4.02. The lowest BCUT2D eigenvalue weighted by molar-refractivity contribution is -0.197. The second-order valence-corrected chi connectivity index (χ2v) is 5.80. The number of hydrogen-bond acceptors (Lipinski definition) is 8. The minimum Gasteiger partial charge on any atom is -0.455 e. The SMILES string of the molecule is CC(=O)OC1C(OC(C)=O)[C@@H](COCc2ccccc2)O[C@H]1OC(C)=O. The van der Waals surface area contributed by atoms with Gasteiger partial charge in [0.05, 0.1) is 13.2 Å². The standard InChI is InChI=1S/C18H22O8/c1-11(19)23-16-15(10-22-9-14-7-5-4-6-8-14)26-18(25-13(3)21)17(16)24-12(2)20/h4-8,15-18H,9-10H2,1-3H3/t15-,16?,17?,18-/m1/s1. The number of carbonyl (C=O) groups excluding carboxylic acids is 3. The van der Waals surface area contributed by atoms with Crippen LogP contribution in [0.25, 0.3) is 0 Å². The fourth-order valence-electron chi connectivity index (χ4n) is 2.60. The second-order valence-electron chi connectivity index (χ2n) is 5.80. The fraction of sp³-hybridized carbons (Fsp3) is 0.500. The summed E-state index contributed by atoms with van der Waals surface area (Å²) < 4.78 is 26.7. The van der Waals surface area contributed by atoms with Crippen LogP contribution in [-0.4, -0.2) is 49.1 Å². The summed E-state index contributed by atoms with van der Waals surface area (Å²) in [5, 5.41) is 0. The Labute approximate surface area is 151 Å². The first-order chi connectivity index (χ1) is 12.4. The van der Waals surface area contributed by atoms with Crippen LogP contribution < -0.4 is 0 Å². The van der Waals surface area contributed by atoms with Crippen LogP contribution in [0.15, 0.2) is 30.3 Å². The van der Waals surface area contributed by atoms with Gasteiger partial charge in [0.2, 0.25) is 12.4 Å². The summed E-state index contributed by atoms with van der Waals surface area (Å²) in [6, 6.07) is 9.48. The first kappa shape index (κ1) is 19.9. The van der Waals surface area contributed by atoms with Crippen molar-refractivity contribution in [2.45, 2.75) is 52.0 Å². The van der Waals surface area contributed by atoms with Crippen LogP contribution in [0.5, 0.6) is 0 Å². The highest BCUT2D eigenvalue weighted by Crippen LogP contribution is 2.28. The molecule has 1 saturated heterocycles. The van der Waals surface area contributed by atoms with Crippen molar-refractivity contribution in [3.63, 3.8) is 0 Å². The monoisotopic (exact) mass is 366 g/mol. The van der Waals surface area contributed by atoms with Gasteiger partial charge in [-0.2, -0.15) is 0 Å². The number of esters is 3. The third kappa shape index (κ3) is 5.82. The highest BCUT2D eigenvalue weighted by atomic mass is 16.8. The lowest BCUT2D eigenvalue weighted by Gasteiger charge is -2.22. The molecule has 8 nitrogen and oxygen atoms in total. The summed E-state index contributed by atoms with van der Waals surface area (Å²) in [7, 11) is 0. The maximum atomic E-state index is 11.4. The van der Waals surface area contributed by atoms with E-state index in [1.807, 2.05) is 30.3 Å². The fourth-order valence-corrected chi connectivity index (χ4v) is 2.60. The van der Waals surface area contributed by atoms with Crippen LogP contribution >= 0.6 is 0 Å². The molecule has 1 aliphatic heterocycles. The molecule has 1 fully saturated rings. The quantitative estimate of drug-likeness (QED) is 0.527. The molecule has 0 saturated carbocycles. The number of benzene rings is 1. The van der Waals surface area contributed by atoms with E-state index in [4.69, 9.17) is 23.7 Å². The Bertz CT molecular complexity index is 629. The van der Waals surface area contributed by atoms with Crippen LogP contribution in [0.4, 0.5) is 0 Å². The molecule has 1 heterocycles. The molecule has 1 aromatic rings. The van der Waals surface area contributed by atoms with E-state index < -0.39 is 42.5 Å². The van der Waals surface area contributed by atoms with Gasteiger partial charge < -0.3 is 23.7 Å². The van der Waals surface area contributed by atoms with Gasteiger partial charge in [-0.1, -0.05) is 30.3 Å². The van der Waals surface area contributed by atoms with Crippen LogP contribution in [0, 0.1) is 0 Å². The molecule has 0 radical (unpaired) electrons. The highest BCUT2D eigenvalue weighted by molar-refractivity contribution is 5.68. The molecule has 1 aromatic carbocycles. The average molecular weight is 366 g/mol. The lowest BCUT2D eigenvalue weighted by Crippen LogP contribution is -2.41. The molecule has 0 bridgehead atoms. The predicted octanol–water partition coefficient (Wildman–Crippen LogP) is 1.35. The molecule has 4 atom stereocenters. The summed E-state index contributed by atoms with van der Waals surface area (Å²) >= 11 is 0. The van der Waals surface area contributed by atoms with E-state index in [-0.39, 0.29) is 6.61 Å². The molecule has 0 aliphatic carbocycles. The molecule has 142 valence electrons. The molecule has 2 unspecified atom stereocenters. The molecule has 0 amide bonds. The Morgan fingerprint density at radius 3 is 2.04 bits per heavy atom. The van der Waals surface area contributed by atoms with Crippen molar-refractivity contribution >= 4 is 17.9 Å². The van der Waals surface area contributed by atoms with Gasteiger partial charge in [0, 0.05) is 20.8 Å². The first-order valence-electron chi connectivity index (χ1n) is 8.15. The van der Waals surface area contributed by atoms with Gasteiger partial charge >= 0.3 is 17.9 Å². The molecule has 2 rings (SSSR count). The Kier molecular flexibility index (Phi) is 7.11. The third-order valence-corrected chi connectivity index (χ3v) is 3.55. The zero-order valence-electron chi connectivity index (χ0n) is 14.9. The summed E-state index contributed by atoms with van der Waals surface area (Å²) in [5.74, 6) is -1.80. The van der Waals surface area contributed by atoms with Crippen molar-refractivity contribution in [2.75, 3.05) is 6.61 Å². The van der Waals surface area contributed by atoms with Crippen molar-refractivity contribution in [2.24, 2.45) is 0 Å². The van der Waals surface area contributed by atoms with Gasteiger partial charge in [0.15, 0.2) is 6.10 Å². The van der Waals surface area contributed by atoms with Crippen LogP contribution in [-0.2, 0) is 44.7 Å². The highest BCUT2D eigenvalue weighted by Gasteiger charge is 2.51. The minimum absolute atomic E-state index is 0.0579. The van der Waals surface area contributed by atoms with E-state index in [1.165, 1.54) is 20.8 Å². The van der Waals surface area contributed by atoms with Crippen LogP contribution in [0.2, 0.25) is 0 Å². The normalized spacial score (nSPS) is 24.7. The van der Waals surface area contributed by atoms with E-state index in [0.717, 1.165) is 5.56 Å². The Morgan fingerprint density at radius 2 is 1.46 bits per heavy atom. The maximum Gasteiger partial charge on any atom is 0.305 e. The molecular formula is C18H22O8. The number of hydrogen-bond donors (Lipinski definition) is 0. The number of rotatable bonds is 7. The van der Waals surface area contributed by atoms with Gasteiger partial charge in [-0.3, -0.25) is 14.4 Å². The summed E-state index contributed by atoms with van der Waals surface area (Å²) in [6.07, 6.45) is -3.94. The molecule has 8 heteroatoms. The topological polar surface area (TPSA) is 97.4 Å². The summed E-state index contributed by atoms with van der Waals surface area (Å²) in [4.78, 5) is 34.1. The first-order valence-corrected chi connectivity index (χ1v) is 8.15. The van der Waals surface area contributed by atoms with E-state index >= 15 is 0 Å².